The van der Waals surface area contributed by atoms with Crippen LogP contribution in [0.1, 0.15) is 77.0 Å². The minimum atomic E-state index is -4.76. The fourth-order valence-electron chi connectivity index (χ4n) is 6.09. The van der Waals surface area contributed by atoms with Crippen molar-refractivity contribution in [2.75, 3.05) is 18.1 Å². The van der Waals surface area contributed by atoms with Crippen molar-refractivity contribution in [3.05, 3.63) is 80.1 Å². The summed E-state index contributed by atoms with van der Waals surface area (Å²) in [7, 11) is 0. The van der Waals surface area contributed by atoms with Crippen LogP contribution in [0.2, 0.25) is 5.02 Å². The van der Waals surface area contributed by atoms with Gasteiger partial charge in [-0.15, -0.1) is 0 Å². The van der Waals surface area contributed by atoms with Crippen LogP contribution >= 0.6 is 11.6 Å². The van der Waals surface area contributed by atoms with Gasteiger partial charge in [-0.2, -0.15) is 13.2 Å². The Labute approximate surface area is 257 Å². The number of nitrogens with zero attached hydrogens (tertiary/aromatic N) is 1. The van der Waals surface area contributed by atoms with Crippen LogP contribution < -0.4 is 9.64 Å². The van der Waals surface area contributed by atoms with E-state index in [0.29, 0.717) is 64.1 Å². The summed E-state index contributed by atoms with van der Waals surface area (Å²) in [6.45, 7) is 9.19. The predicted octanol–water partition coefficient (Wildman–Crippen LogP) is 8.25. The standard InChI is InChI=1S/C33H32ClF4NO5/c1-16-13-25-20(10-11-39(25)30(40)18-8-9-23(34)22(14-18)33(36,37)38)27(26(16)29(31(41)42)44-32(3,4)5)21-15-24(35)28-19(17(21)2)7-6-12-43-28/h8-9,13-15,29H,6-7,10-12H2,1-5H3,(H,41,42). The quantitative estimate of drug-likeness (QED) is 0.286. The van der Waals surface area contributed by atoms with Crippen molar-refractivity contribution in [1.82, 2.24) is 0 Å². The molecule has 44 heavy (non-hydrogen) atoms. The lowest BCUT2D eigenvalue weighted by molar-refractivity contribution is -0.160. The highest BCUT2D eigenvalue weighted by Gasteiger charge is 2.38. The molecular formula is C33H32ClF4NO5. The SMILES string of the molecule is Cc1cc2c(c(-c3cc(F)c4c(c3C)CCCO4)c1C(OC(C)(C)C)C(=O)O)CCN2C(=O)c1ccc(Cl)c(C(F)(F)F)c1. The summed E-state index contributed by atoms with van der Waals surface area (Å²) < 4.78 is 68.0. The number of aryl methyl sites for hydroxylation is 1. The number of fused-ring (bicyclic) bond motifs is 2. The lowest BCUT2D eigenvalue weighted by atomic mass is 9.83. The molecule has 1 unspecified atom stereocenters. The predicted molar refractivity (Wildman–Crippen MR) is 158 cm³/mol. The number of carbonyl (C=O) groups excluding carboxylic acids is 1. The number of carboxylic acid groups (broad SMARTS) is 1. The number of hydrogen-bond donors (Lipinski definition) is 1. The summed E-state index contributed by atoms with van der Waals surface area (Å²) in [5.74, 6) is -2.33. The minimum absolute atomic E-state index is 0.113. The van der Waals surface area contributed by atoms with E-state index in [4.69, 9.17) is 21.1 Å². The van der Waals surface area contributed by atoms with Crippen LogP contribution in [0.3, 0.4) is 0 Å². The van der Waals surface area contributed by atoms with E-state index in [1.165, 1.54) is 17.0 Å². The van der Waals surface area contributed by atoms with Gasteiger partial charge in [0.15, 0.2) is 17.7 Å². The van der Waals surface area contributed by atoms with E-state index in [1.807, 2.05) is 6.92 Å². The van der Waals surface area contributed by atoms with Crippen molar-refractivity contribution in [1.29, 1.82) is 0 Å². The smallest absolute Gasteiger partial charge is 0.417 e. The molecule has 6 nitrogen and oxygen atoms in total. The molecule has 0 spiro atoms. The molecule has 0 aromatic heterocycles. The van der Waals surface area contributed by atoms with Crippen LogP contribution in [-0.4, -0.2) is 35.7 Å². The number of anilines is 1. The molecule has 1 atom stereocenters. The van der Waals surface area contributed by atoms with Crippen molar-refractivity contribution < 1.29 is 41.7 Å². The molecule has 3 aromatic carbocycles. The molecule has 0 saturated heterocycles. The molecule has 5 rings (SSSR count). The molecule has 0 fully saturated rings. The number of rotatable bonds is 5. The Hall–Kier alpha value is -3.63. The second kappa shape index (κ2) is 11.4. The molecule has 0 radical (unpaired) electrons. The number of halogens is 5. The second-order valence-corrected chi connectivity index (χ2v) is 12.5. The van der Waals surface area contributed by atoms with Crippen LogP contribution in [0.15, 0.2) is 30.3 Å². The number of benzene rings is 3. The molecule has 3 aromatic rings. The van der Waals surface area contributed by atoms with Gasteiger partial charge in [0, 0.05) is 28.9 Å². The van der Waals surface area contributed by atoms with Gasteiger partial charge in [0.2, 0.25) is 0 Å². The van der Waals surface area contributed by atoms with Crippen molar-refractivity contribution in [2.45, 2.75) is 71.8 Å². The van der Waals surface area contributed by atoms with E-state index < -0.39 is 46.2 Å². The van der Waals surface area contributed by atoms with E-state index in [2.05, 4.69) is 0 Å². The van der Waals surface area contributed by atoms with Crippen molar-refractivity contribution in [2.24, 2.45) is 0 Å². The topological polar surface area (TPSA) is 76.1 Å². The first-order valence-corrected chi connectivity index (χ1v) is 14.6. The summed E-state index contributed by atoms with van der Waals surface area (Å²) in [6.07, 6.45) is -4.69. The van der Waals surface area contributed by atoms with Gasteiger partial charge in [-0.25, -0.2) is 9.18 Å². The van der Waals surface area contributed by atoms with Gasteiger partial charge >= 0.3 is 12.1 Å². The van der Waals surface area contributed by atoms with Crippen LogP contribution in [0.25, 0.3) is 11.1 Å². The van der Waals surface area contributed by atoms with Gasteiger partial charge < -0.3 is 19.5 Å². The van der Waals surface area contributed by atoms with E-state index in [0.717, 1.165) is 12.1 Å². The van der Waals surface area contributed by atoms with Crippen LogP contribution in [0, 0.1) is 19.7 Å². The number of aliphatic carboxylic acids is 1. The van der Waals surface area contributed by atoms with Gasteiger partial charge in [0.1, 0.15) is 0 Å². The maximum absolute atomic E-state index is 15.6. The number of ether oxygens (including phenoxy) is 2. The Morgan fingerprint density at radius 3 is 2.41 bits per heavy atom. The molecule has 1 N–H and O–H groups in total. The van der Waals surface area contributed by atoms with Crippen LogP contribution in [0.5, 0.6) is 5.75 Å². The number of amides is 1. The maximum atomic E-state index is 15.6. The van der Waals surface area contributed by atoms with E-state index in [1.54, 1.807) is 33.8 Å². The minimum Gasteiger partial charge on any atom is -0.490 e. The highest BCUT2D eigenvalue weighted by atomic mass is 35.5. The number of carbonyl (C=O) groups is 2. The van der Waals surface area contributed by atoms with E-state index in [-0.39, 0.29) is 24.3 Å². The number of carboxylic acids is 1. The molecule has 0 aliphatic carbocycles. The Kier molecular flexibility index (Phi) is 8.22. The van der Waals surface area contributed by atoms with Crippen LogP contribution in [-0.2, 0) is 28.5 Å². The van der Waals surface area contributed by atoms with E-state index >= 15 is 4.39 Å². The average molecular weight is 634 g/mol. The van der Waals surface area contributed by atoms with Crippen molar-refractivity contribution >= 4 is 29.2 Å². The molecule has 11 heteroatoms. The summed E-state index contributed by atoms with van der Waals surface area (Å²) in [6, 6.07) is 5.98. The zero-order valence-corrected chi connectivity index (χ0v) is 25.7. The highest BCUT2D eigenvalue weighted by molar-refractivity contribution is 6.31. The molecule has 2 aliphatic rings. The largest absolute Gasteiger partial charge is 0.490 e. The first-order valence-electron chi connectivity index (χ1n) is 14.2. The third-order valence-corrected chi connectivity index (χ3v) is 8.29. The molecule has 1 amide bonds. The van der Waals surface area contributed by atoms with E-state index in [9.17, 15) is 27.9 Å². The molecule has 2 heterocycles. The maximum Gasteiger partial charge on any atom is 0.417 e. The molecule has 0 bridgehead atoms. The normalized spacial score (nSPS) is 15.5. The van der Waals surface area contributed by atoms with Crippen molar-refractivity contribution in [3.63, 3.8) is 0 Å². The Balaban J connectivity index is 1.75. The molecule has 0 saturated carbocycles. The number of hydrogen-bond acceptors (Lipinski definition) is 4. The zero-order chi connectivity index (χ0) is 32.3. The summed E-state index contributed by atoms with van der Waals surface area (Å²) in [4.78, 5) is 27.8. The third-order valence-electron chi connectivity index (χ3n) is 7.96. The first kappa shape index (κ1) is 31.8. The average Bonchev–Trinajstić information content (AvgIpc) is 3.35. The van der Waals surface area contributed by atoms with Crippen LogP contribution in [0.4, 0.5) is 23.2 Å². The van der Waals surface area contributed by atoms with Gasteiger partial charge in [-0.05, 0) is 112 Å². The lowest BCUT2D eigenvalue weighted by Crippen LogP contribution is -2.30. The zero-order valence-electron chi connectivity index (χ0n) is 24.9. The second-order valence-electron chi connectivity index (χ2n) is 12.1. The van der Waals surface area contributed by atoms with Crippen molar-refractivity contribution in [3.8, 4) is 16.9 Å². The molecule has 2 aliphatic heterocycles. The highest BCUT2D eigenvalue weighted by Crippen LogP contribution is 2.48. The summed E-state index contributed by atoms with van der Waals surface area (Å²) in [5, 5.41) is 9.84. The van der Waals surface area contributed by atoms with Gasteiger partial charge in [0.05, 0.1) is 22.8 Å². The monoisotopic (exact) mass is 633 g/mol. The van der Waals surface area contributed by atoms with Gasteiger partial charge in [0.25, 0.3) is 5.91 Å². The van der Waals surface area contributed by atoms with Gasteiger partial charge in [-0.1, -0.05) is 11.6 Å². The Bertz CT molecular complexity index is 1680. The molecule has 234 valence electrons. The first-order chi connectivity index (χ1) is 20.5. The third kappa shape index (κ3) is 5.77. The fourth-order valence-corrected chi connectivity index (χ4v) is 6.31. The van der Waals surface area contributed by atoms with Gasteiger partial charge in [-0.3, -0.25) is 4.79 Å². The molecular weight excluding hydrogens is 602 g/mol. The summed E-state index contributed by atoms with van der Waals surface area (Å²) in [5.41, 5.74) is 1.87. The lowest BCUT2D eigenvalue weighted by Gasteiger charge is -2.30. The Morgan fingerprint density at radius 2 is 1.77 bits per heavy atom. The Morgan fingerprint density at radius 1 is 1.07 bits per heavy atom. The fraction of sp³-hybridized carbons (Fsp3) is 0.394. The number of alkyl halides is 3. The summed E-state index contributed by atoms with van der Waals surface area (Å²) >= 11 is 5.79.